The van der Waals surface area contributed by atoms with E-state index in [-0.39, 0.29) is 0 Å². The molecule has 88 valence electrons. The molecule has 1 N–H and O–H groups in total. The van der Waals surface area contributed by atoms with Gasteiger partial charge >= 0.3 is 0 Å². The van der Waals surface area contributed by atoms with Gasteiger partial charge in [-0.25, -0.2) is 0 Å². The molecule has 0 radical (unpaired) electrons. The van der Waals surface area contributed by atoms with Crippen molar-refractivity contribution in [1.29, 1.82) is 0 Å². The summed E-state index contributed by atoms with van der Waals surface area (Å²) in [5.74, 6) is 0.949. The Kier molecular flexibility index (Phi) is 3.63. The maximum atomic E-state index is 3.73. The quantitative estimate of drug-likeness (QED) is 0.790. The van der Waals surface area contributed by atoms with E-state index in [9.17, 15) is 0 Å². The predicted molar refractivity (Wildman–Crippen MR) is 68.5 cm³/mol. The highest BCUT2D eigenvalue weighted by molar-refractivity contribution is 7.99. The monoisotopic (exact) mass is 228 g/mol. The van der Waals surface area contributed by atoms with E-state index < -0.39 is 0 Å². The fourth-order valence-electron chi connectivity index (χ4n) is 2.69. The van der Waals surface area contributed by atoms with E-state index in [1.807, 2.05) is 11.8 Å². The summed E-state index contributed by atoms with van der Waals surface area (Å²) in [5, 5.41) is 4.50. The van der Waals surface area contributed by atoms with Crippen LogP contribution >= 0.6 is 11.8 Å². The Hall–Kier alpha value is 0.270. The molecule has 0 spiro atoms. The predicted octanol–water partition coefficient (Wildman–Crippen LogP) is 1.81. The maximum Gasteiger partial charge on any atom is 0.0309 e. The van der Waals surface area contributed by atoms with Crippen LogP contribution in [-0.2, 0) is 0 Å². The van der Waals surface area contributed by atoms with E-state index >= 15 is 0 Å². The van der Waals surface area contributed by atoms with E-state index in [1.165, 1.54) is 39.0 Å². The average molecular weight is 228 g/mol. The molecule has 0 aromatic heterocycles. The minimum Gasteiger partial charge on any atom is -0.309 e. The molecule has 1 aliphatic heterocycles. The molecule has 0 bridgehead atoms. The van der Waals surface area contributed by atoms with Crippen LogP contribution in [0.3, 0.4) is 0 Å². The number of nitrogens with one attached hydrogen (secondary N) is 1. The zero-order valence-corrected chi connectivity index (χ0v) is 11.1. The molecule has 2 unspecified atom stereocenters. The van der Waals surface area contributed by atoms with Gasteiger partial charge in [0.15, 0.2) is 0 Å². The molecule has 1 saturated carbocycles. The first-order valence-electron chi connectivity index (χ1n) is 6.14. The molecular weight excluding hydrogens is 204 g/mol. The molecule has 2 atom stereocenters. The van der Waals surface area contributed by atoms with E-state index in [0.29, 0.717) is 5.54 Å². The van der Waals surface area contributed by atoms with Crippen LogP contribution in [0.1, 0.15) is 26.7 Å². The Balaban J connectivity index is 1.86. The topological polar surface area (TPSA) is 15.3 Å². The van der Waals surface area contributed by atoms with Crippen molar-refractivity contribution in [1.82, 2.24) is 10.2 Å². The number of piperazine rings is 1. The van der Waals surface area contributed by atoms with E-state index in [0.717, 1.165) is 11.2 Å². The fraction of sp³-hybridized carbons (Fsp3) is 1.00. The summed E-state index contributed by atoms with van der Waals surface area (Å²) in [6.45, 7) is 9.66. The smallest absolute Gasteiger partial charge is 0.0309 e. The third-order valence-corrected chi connectivity index (χ3v) is 4.86. The van der Waals surface area contributed by atoms with Crippen LogP contribution in [0.15, 0.2) is 0 Å². The Bertz CT molecular complexity index is 218. The summed E-state index contributed by atoms with van der Waals surface area (Å²) in [6.07, 6.45) is 5.10. The van der Waals surface area contributed by atoms with Crippen molar-refractivity contribution >= 4 is 11.8 Å². The number of hydrogen-bond acceptors (Lipinski definition) is 3. The van der Waals surface area contributed by atoms with Crippen molar-refractivity contribution in [2.75, 3.05) is 32.4 Å². The zero-order valence-electron chi connectivity index (χ0n) is 10.3. The molecule has 3 heteroatoms. The second kappa shape index (κ2) is 4.64. The lowest BCUT2D eigenvalue weighted by atomic mass is 9.93. The Labute approximate surface area is 98.2 Å². The summed E-state index contributed by atoms with van der Waals surface area (Å²) in [7, 11) is 0. The zero-order chi connectivity index (χ0) is 10.9. The van der Waals surface area contributed by atoms with Gasteiger partial charge in [0.2, 0.25) is 0 Å². The Morgan fingerprint density at radius 2 is 2.27 bits per heavy atom. The van der Waals surface area contributed by atoms with Crippen molar-refractivity contribution in [2.45, 2.75) is 37.5 Å². The van der Waals surface area contributed by atoms with Crippen molar-refractivity contribution < 1.29 is 0 Å². The van der Waals surface area contributed by atoms with E-state index in [2.05, 4.69) is 30.3 Å². The molecule has 2 nitrogen and oxygen atoms in total. The molecule has 0 aromatic carbocycles. The summed E-state index contributed by atoms with van der Waals surface area (Å²) in [5.41, 5.74) is 0.413. The molecule has 2 aliphatic rings. The maximum absolute atomic E-state index is 3.73. The molecule has 1 aliphatic carbocycles. The van der Waals surface area contributed by atoms with Gasteiger partial charge in [0, 0.05) is 37.0 Å². The number of thioether (sulfide) groups is 1. The average Bonchev–Trinajstić information content (AvgIpc) is 3.01. The second-order valence-corrected chi connectivity index (χ2v) is 6.68. The normalized spacial score (nSPS) is 35.4. The van der Waals surface area contributed by atoms with Gasteiger partial charge in [-0.15, -0.1) is 0 Å². The van der Waals surface area contributed by atoms with E-state index in [1.54, 1.807) is 0 Å². The van der Waals surface area contributed by atoms with Gasteiger partial charge in [0.1, 0.15) is 0 Å². The van der Waals surface area contributed by atoms with E-state index in [4.69, 9.17) is 0 Å². The molecule has 0 amide bonds. The van der Waals surface area contributed by atoms with Gasteiger partial charge in [-0.3, -0.25) is 4.90 Å². The van der Waals surface area contributed by atoms with Crippen LogP contribution in [0.2, 0.25) is 0 Å². The highest BCUT2D eigenvalue weighted by Gasteiger charge is 2.43. The number of hydrogen-bond donors (Lipinski definition) is 1. The lowest BCUT2D eigenvalue weighted by Gasteiger charge is -2.42. The summed E-state index contributed by atoms with van der Waals surface area (Å²) < 4.78 is 0. The molecule has 1 saturated heterocycles. The summed E-state index contributed by atoms with van der Waals surface area (Å²) in [6, 6.07) is 0. The van der Waals surface area contributed by atoms with Crippen molar-refractivity contribution in [2.24, 2.45) is 5.92 Å². The first-order chi connectivity index (χ1) is 7.14. The van der Waals surface area contributed by atoms with Gasteiger partial charge in [-0.05, 0) is 31.9 Å². The first kappa shape index (κ1) is 11.7. The van der Waals surface area contributed by atoms with Crippen molar-refractivity contribution in [3.8, 4) is 0 Å². The first-order valence-corrected chi connectivity index (χ1v) is 7.43. The van der Waals surface area contributed by atoms with Gasteiger partial charge in [0.05, 0.1) is 0 Å². The lowest BCUT2D eigenvalue weighted by Crippen LogP contribution is -2.60. The standard InChI is InChI=1S/C12H24N2S/c1-10(15-3)8-14-7-6-13-12(2,9-14)11-4-5-11/h10-11,13H,4-9H2,1-3H3. The number of rotatable bonds is 4. The summed E-state index contributed by atoms with van der Waals surface area (Å²) in [4.78, 5) is 2.65. The van der Waals surface area contributed by atoms with Gasteiger partial charge in [-0.2, -0.15) is 11.8 Å². The minimum absolute atomic E-state index is 0.413. The largest absolute Gasteiger partial charge is 0.309 e. The minimum atomic E-state index is 0.413. The molecule has 1 heterocycles. The van der Waals surface area contributed by atoms with Crippen LogP contribution in [-0.4, -0.2) is 48.1 Å². The third kappa shape index (κ3) is 2.89. The summed E-state index contributed by atoms with van der Waals surface area (Å²) >= 11 is 1.98. The van der Waals surface area contributed by atoms with Gasteiger partial charge in [-0.1, -0.05) is 6.92 Å². The highest BCUT2D eigenvalue weighted by atomic mass is 32.2. The fourth-order valence-corrected chi connectivity index (χ4v) is 3.05. The lowest BCUT2D eigenvalue weighted by molar-refractivity contribution is 0.129. The van der Waals surface area contributed by atoms with Gasteiger partial charge in [0.25, 0.3) is 0 Å². The second-order valence-electron chi connectivity index (χ2n) is 5.40. The van der Waals surface area contributed by atoms with Crippen LogP contribution in [0, 0.1) is 5.92 Å². The van der Waals surface area contributed by atoms with Gasteiger partial charge < -0.3 is 5.32 Å². The molecule has 2 fully saturated rings. The van der Waals surface area contributed by atoms with Crippen molar-refractivity contribution in [3.05, 3.63) is 0 Å². The number of nitrogens with zero attached hydrogens (tertiary/aromatic N) is 1. The van der Waals surface area contributed by atoms with Crippen LogP contribution < -0.4 is 5.32 Å². The van der Waals surface area contributed by atoms with Crippen molar-refractivity contribution in [3.63, 3.8) is 0 Å². The third-order valence-electron chi connectivity index (χ3n) is 3.91. The molecular formula is C12H24N2S. The van der Waals surface area contributed by atoms with Crippen LogP contribution in [0.25, 0.3) is 0 Å². The SMILES string of the molecule is CSC(C)CN1CCNC(C)(C2CC2)C1. The van der Waals surface area contributed by atoms with Crippen LogP contribution in [0.4, 0.5) is 0 Å². The molecule has 2 rings (SSSR count). The Morgan fingerprint density at radius 3 is 2.87 bits per heavy atom. The van der Waals surface area contributed by atoms with Crippen LogP contribution in [0.5, 0.6) is 0 Å². The molecule has 0 aromatic rings. The highest BCUT2D eigenvalue weighted by Crippen LogP contribution is 2.40. The molecule has 15 heavy (non-hydrogen) atoms. The Morgan fingerprint density at radius 1 is 1.53 bits per heavy atom.